The molecular formula is C20H27N7O4S2. The Morgan fingerprint density at radius 2 is 1.82 bits per heavy atom. The maximum atomic E-state index is 12.8. The van der Waals surface area contributed by atoms with Gasteiger partial charge in [-0.25, -0.2) is 23.4 Å². The van der Waals surface area contributed by atoms with E-state index in [4.69, 9.17) is 15.9 Å². The molecule has 5 N–H and O–H groups in total. The van der Waals surface area contributed by atoms with E-state index in [9.17, 15) is 13.5 Å². The second-order valence-corrected chi connectivity index (χ2v) is 10.4. The molecule has 0 spiro atoms. The lowest BCUT2D eigenvalue weighted by molar-refractivity contribution is 0.434. The van der Waals surface area contributed by atoms with Crippen molar-refractivity contribution in [2.45, 2.75) is 44.4 Å². The van der Waals surface area contributed by atoms with Crippen LogP contribution >= 0.6 is 11.3 Å². The minimum Gasteiger partial charge on any atom is -0.504 e. The van der Waals surface area contributed by atoms with Crippen LogP contribution in [0.1, 0.15) is 44.9 Å². The molecule has 178 valence electrons. The van der Waals surface area contributed by atoms with Gasteiger partial charge < -0.3 is 21.0 Å². The Bertz CT molecular complexity index is 1250. The summed E-state index contributed by atoms with van der Waals surface area (Å²) >= 11 is 0.867. The fourth-order valence-corrected chi connectivity index (χ4v) is 5.75. The minimum atomic E-state index is -3.85. The van der Waals surface area contributed by atoms with Crippen LogP contribution in [0.15, 0.2) is 46.3 Å². The van der Waals surface area contributed by atoms with E-state index in [1.165, 1.54) is 9.69 Å². The van der Waals surface area contributed by atoms with Gasteiger partial charge in [0, 0.05) is 18.5 Å². The number of amidine groups is 4. The molecule has 0 saturated heterocycles. The Hall–Kier alpha value is -3.03. The molecule has 13 heteroatoms. The lowest BCUT2D eigenvalue weighted by atomic mass is 10.1. The number of thiophene rings is 1. The Morgan fingerprint density at radius 3 is 2.39 bits per heavy atom. The molecule has 3 heterocycles. The molecule has 3 rings (SSSR count). The molecule has 0 fully saturated rings. The second-order valence-electron chi connectivity index (χ2n) is 7.42. The van der Waals surface area contributed by atoms with Gasteiger partial charge in [0.2, 0.25) is 0 Å². The third kappa shape index (κ3) is 5.15. The summed E-state index contributed by atoms with van der Waals surface area (Å²) in [6, 6.07) is 1.90. The van der Waals surface area contributed by atoms with Crippen LogP contribution in [-0.2, 0) is 16.6 Å². The highest BCUT2D eigenvalue weighted by atomic mass is 32.2. The van der Waals surface area contributed by atoms with Crippen LogP contribution in [0, 0.1) is 0 Å². The van der Waals surface area contributed by atoms with Crippen molar-refractivity contribution in [2.75, 3.05) is 13.1 Å². The molecule has 2 aromatic heterocycles. The normalized spacial score (nSPS) is 17.3. The van der Waals surface area contributed by atoms with Crippen LogP contribution in [0.4, 0.5) is 5.69 Å². The lowest BCUT2D eigenvalue weighted by Gasteiger charge is -2.17. The fraction of sp³-hybridized carbons (Fsp3) is 0.400. The van der Waals surface area contributed by atoms with Gasteiger partial charge in [-0.05, 0) is 17.5 Å². The van der Waals surface area contributed by atoms with Gasteiger partial charge in [-0.15, -0.1) is 11.3 Å². The van der Waals surface area contributed by atoms with Crippen LogP contribution in [0.25, 0.3) is 0 Å². The maximum absolute atomic E-state index is 12.8. The average molecular weight is 494 g/mol. The summed E-state index contributed by atoms with van der Waals surface area (Å²) in [7, 11) is -3.85. The molecule has 2 aromatic rings. The van der Waals surface area contributed by atoms with Gasteiger partial charge in [0.05, 0.1) is 12.8 Å². The third-order valence-corrected chi connectivity index (χ3v) is 8.39. The van der Waals surface area contributed by atoms with Gasteiger partial charge in [0.1, 0.15) is 11.4 Å². The number of nitrogens with zero attached hydrogens (tertiary/aromatic N) is 5. The molecule has 1 aliphatic heterocycles. The van der Waals surface area contributed by atoms with Crippen molar-refractivity contribution in [3.63, 3.8) is 0 Å². The Labute approximate surface area is 196 Å². The number of sulfonamides is 1. The predicted molar refractivity (Wildman–Crippen MR) is 130 cm³/mol. The minimum absolute atomic E-state index is 0.00257. The van der Waals surface area contributed by atoms with E-state index in [2.05, 4.69) is 33.8 Å². The maximum Gasteiger partial charge on any atom is 0.256 e. The number of nitrogens with two attached hydrogens (primary N) is 2. The lowest BCUT2D eigenvalue weighted by Crippen LogP contribution is -2.37. The molecule has 11 nitrogen and oxygen atoms in total. The van der Waals surface area contributed by atoms with Gasteiger partial charge in [-0.2, -0.15) is 4.31 Å². The monoisotopic (exact) mass is 493 g/mol. The van der Waals surface area contributed by atoms with E-state index < -0.39 is 15.8 Å². The first-order valence-electron chi connectivity index (χ1n) is 10.3. The van der Waals surface area contributed by atoms with Gasteiger partial charge in [0.15, 0.2) is 33.3 Å². The van der Waals surface area contributed by atoms with Gasteiger partial charge in [-0.3, -0.25) is 4.99 Å². The molecule has 33 heavy (non-hydrogen) atoms. The van der Waals surface area contributed by atoms with Crippen LogP contribution in [0.3, 0.4) is 0 Å². The Balaban J connectivity index is 1.97. The molecule has 0 saturated carbocycles. The van der Waals surface area contributed by atoms with Gasteiger partial charge in [-0.1, -0.05) is 27.7 Å². The zero-order valence-electron chi connectivity index (χ0n) is 18.8. The standard InChI is InChI=1S/C20H27N7O4S2/c1-5-27(6-2)33(29,30)20-15(28)14(10-32-20)24-19-18(25-16(21)17(22)26-19)23-8-13-7-12(9-31-13)11(3)4/h7,9-11,28H,5-6,8H2,1-4H3,(H2,21,23,25)(H2,22,24,26). The summed E-state index contributed by atoms with van der Waals surface area (Å²) in [5.74, 6) is 0.465. The van der Waals surface area contributed by atoms with Crippen molar-refractivity contribution >= 4 is 50.4 Å². The molecule has 0 aliphatic carbocycles. The van der Waals surface area contributed by atoms with Crippen molar-refractivity contribution < 1.29 is 17.9 Å². The molecule has 0 amide bonds. The summed E-state index contributed by atoms with van der Waals surface area (Å²) < 4.78 is 32.2. The van der Waals surface area contributed by atoms with Gasteiger partial charge in [0.25, 0.3) is 10.0 Å². The molecule has 0 radical (unpaired) electrons. The Kier molecular flexibility index (Phi) is 7.34. The quantitative estimate of drug-likeness (QED) is 0.509. The first-order valence-corrected chi connectivity index (χ1v) is 12.6. The van der Waals surface area contributed by atoms with Crippen molar-refractivity contribution in [3.8, 4) is 5.75 Å². The fourth-order valence-electron chi connectivity index (χ4n) is 2.94. The van der Waals surface area contributed by atoms with Crippen LogP contribution in [-0.4, -0.2) is 54.3 Å². The average Bonchev–Trinajstić information content (AvgIpc) is 3.38. The van der Waals surface area contributed by atoms with E-state index >= 15 is 0 Å². The summed E-state index contributed by atoms with van der Waals surface area (Å²) in [6.07, 6.45) is 1.67. The van der Waals surface area contributed by atoms with E-state index in [0.29, 0.717) is 11.7 Å². The van der Waals surface area contributed by atoms with Crippen LogP contribution in [0.5, 0.6) is 5.75 Å². The van der Waals surface area contributed by atoms with E-state index in [0.717, 1.165) is 16.9 Å². The highest BCUT2D eigenvalue weighted by Crippen LogP contribution is 2.41. The first-order chi connectivity index (χ1) is 15.6. The third-order valence-electron chi connectivity index (χ3n) is 4.86. The van der Waals surface area contributed by atoms with Crippen molar-refractivity contribution in [2.24, 2.45) is 31.4 Å². The number of rotatable bonds is 8. The molecule has 0 aromatic carbocycles. The molecule has 1 aliphatic rings. The van der Waals surface area contributed by atoms with Crippen molar-refractivity contribution in [3.05, 3.63) is 29.0 Å². The van der Waals surface area contributed by atoms with E-state index in [-0.39, 0.29) is 52.9 Å². The summed E-state index contributed by atoms with van der Waals surface area (Å²) in [5.41, 5.74) is 12.6. The summed E-state index contributed by atoms with van der Waals surface area (Å²) in [5, 5.41) is 12.0. The van der Waals surface area contributed by atoms with Crippen molar-refractivity contribution in [1.29, 1.82) is 0 Å². The number of furan rings is 1. The van der Waals surface area contributed by atoms with Crippen LogP contribution < -0.4 is 11.5 Å². The largest absolute Gasteiger partial charge is 0.504 e. The second kappa shape index (κ2) is 9.85. The molecule has 0 unspecified atom stereocenters. The molecule has 0 atom stereocenters. The highest BCUT2D eigenvalue weighted by molar-refractivity contribution is 7.91. The number of aromatic hydroxyl groups is 1. The smallest absolute Gasteiger partial charge is 0.256 e. The zero-order chi connectivity index (χ0) is 24.3. The number of aliphatic imine (C=N–C) groups is 4. The number of hydrogen-bond donors (Lipinski definition) is 3. The SMILES string of the molecule is CCN(CC)S(=O)(=O)c1scc(N=C2N=C(N)C(N)=NC2=NCc2cc(C(C)C)co2)c1O. The predicted octanol–water partition coefficient (Wildman–Crippen LogP) is 2.56. The Morgan fingerprint density at radius 1 is 1.18 bits per heavy atom. The highest BCUT2D eigenvalue weighted by Gasteiger charge is 2.29. The van der Waals surface area contributed by atoms with E-state index in [1.807, 2.05) is 6.07 Å². The van der Waals surface area contributed by atoms with E-state index in [1.54, 1.807) is 20.1 Å². The van der Waals surface area contributed by atoms with Crippen molar-refractivity contribution in [1.82, 2.24) is 4.31 Å². The van der Waals surface area contributed by atoms with Crippen LogP contribution in [0.2, 0.25) is 0 Å². The summed E-state index contributed by atoms with van der Waals surface area (Å²) in [6.45, 7) is 8.26. The molecular weight excluding hydrogens is 466 g/mol. The topological polar surface area (TPSA) is 172 Å². The zero-order valence-corrected chi connectivity index (χ0v) is 20.4. The summed E-state index contributed by atoms with van der Waals surface area (Å²) in [4.78, 5) is 16.9. The molecule has 0 bridgehead atoms. The van der Waals surface area contributed by atoms with Gasteiger partial charge >= 0.3 is 0 Å². The first kappa shape index (κ1) is 24.6. The number of hydrogen-bond acceptors (Lipinski definition) is 9.